The fraction of sp³-hybridized carbons (Fsp3) is 0.360. The van der Waals surface area contributed by atoms with Gasteiger partial charge in [0.1, 0.15) is 0 Å². The lowest BCUT2D eigenvalue weighted by molar-refractivity contribution is -0.137. The van der Waals surface area contributed by atoms with Gasteiger partial charge in [0.2, 0.25) is 5.95 Å². The van der Waals surface area contributed by atoms with Crippen molar-refractivity contribution >= 4 is 35.0 Å². The Morgan fingerprint density at radius 2 is 1.74 bits per heavy atom. The van der Waals surface area contributed by atoms with E-state index in [9.17, 15) is 17.6 Å². The first-order valence-electron chi connectivity index (χ1n) is 12.4. The molecule has 206 valence electrons. The zero-order valence-electron chi connectivity index (χ0n) is 20.9. The topological polar surface area (TPSA) is 103 Å². The minimum atomic E-state index is -4.47. The molecule has 2 fully saturated rings. The smallest absolute Gasteiger partial charge is 0.378 e. The Morgan fingerprint density at radius 1 is 0.949 bits per heavy atom. The Labute approximate surface area is 222 Å². The fourth-order valence-corrected chi connectivity index (χ4v) is 4.24. The third-order valence-electron chi connectivity index (χ3n) is 6.20. The van der Waals surface area contributed by atoms with E-state index >= 15 is 0 Å². The van der Waals surface area contributed by atoms with Gasteiger partial charge in [-0.1, -0.05) is 0 Å². The summed E-state index contributed by atoms with van der Waals surface area (Å²) in [5.74, 6) is -0.233. The van der Waals surface area contributed by atoms with E-state index in [1.165, 1.54) is 18.5 Å². The van der Waals surface area contributed by atoms with Gasteiger partial charge in [0.15, 0.2) is 11.6 Å². The molecule has 3 aromatic rings. The normalized spacial score (nSPS) is 16.5. The van der Waals surface area contributed by atoms with E-state index in [0.717, 1.165) is 12.3 Å². The average molecular weight is 546 g/mol. The quantitative estimate of drug-likeness (QED) is 0.234. The number of alkyl halides is 3. The highest BCUT2D eigenvalue weighted by Crippen LogP contribution is 2.35. The SMILES string of the molecule is Fc1cnc(N/N=C/c2ccc(Nc3cc(N4CCNCC4)cc(C(F)(F)F)c3)cn2)nc1N1CCOCC1. The van der Waals surface area contributed by atoms with Crippen LogP contribution in [0, 0.1) is 5.82 Å². The van der Waals surface area contributed by atoms with Crippen molar-refractivity contribution in [1.82, 2.24) is 20.3 Å². The van der Waals surface area contributed by atoms with Gasteiger partial charge in [-0.2, -0.15) is 23.3 Å². The predicted molar refractivity (Wildman–Crippen MR) is 140 cm³/mol. The number of pyridine rings is 1. The van der Waals surface area contributed by atoms with Crippen LogP contribution in [0.1, 0.15) is 11.3 Å². The number of nitrogens with one attached hydrogen (secondary N) is 3. The summed E-state index contributed by atoms with van der Waals surface area (Å²) in [5.41, 5.74) is 3.76. The van der Waals surface area contributed by atoms with Crippen molar-refractivity contribution in [2.75, 3.05) is 73.0 Å². The lowest BCUT2D eigenvalue weighted by Crippen LogP contribution is -2.43. The maximum absolute atomic E-state index is 14.2. The summed E-state index contributed by atoms with van der Waals surface area (Å²) >= 11 is 0. The molecule has 39 heavy (non-hydrogen) atoms. The van der Waals surface area contributed by atoms with Gasteiger partial charge in [-0.15, -0.1) is 0 Å². The van der Waals surface area contributed by atoms with Crippen molar-refractivity contribution in [3.8, 4) is 0 Å². The molecule has 10 nitrogen and oxygen atoms in total. The van der Waals surface area contributed by atoms with Gasteiger partial charge in [0, 0.05) is 50.6 Å². The molecule has 14 heteroatoms. The molecular weight excluding hydrogens is 518 g/mol. The summed E-state index contributed by atoms with van der Waals surface area (Å²) in [4.78, 5) is 16.1. The molecule has 2 aliphatic rings. The molecule has 0 atom stereocenters. The molecule has 2 saturated heterocycles. The lowest BCUT2D eigenvalue weighted by Gasteiger charge is -2.30. The molecule has 0 radical (unpaired) electrons. The molecule has 0 bridgehead atoms. The van der Waals surface area contributed by atoms with Crippen molar-refractivity contribution in [2.45, 2.75) is 6.18 Å². The van der Waals surface area contributed by atoms with Crippen LogP contribution in [0.3, 0.4) is 0 Å². The first-order chi connectivity index (χ1) is 18.8. The zero-order chi connectivity index (χ0) is 27.2. The summed E-state index contributed by atoms with van der Waals surface area (Å²) in [5, 5.41) is 10.3. The van der Waals surface area contributed by atoms with Crippen LogP contribution in [0.25, 0.3) is 0 Å². The van der Waals surface area contributed by atoms with Crippen LogP contribution in [-0.4, -0.2) is 73.6 Å². The highest BCUT2D eigenvalue weighted by atomic mass is 19.4. The summed E-state index contributed by atoms with van der Waals surface area (Å²) in [6.45, 7) is 4.71. The third-order valence-corrected chi connectivity index (χ3v) is 6.20. The van der Waals surface area contributed by atoms with Gasteiger partial charge >= 0.3 is 6.18 Å². The number of hydrogen-bond donors (Lipinski definition) is 3. The lowest BCUT2D eigenvalue weighted by atomic mass is 10.1. The summed E-state index contributed by atoms with van der Waals surface area (Å²) in [7, 11) is 0. The monoisotopic (exact) mass is 545 g/mol. The average Bonchev–Trinajstić information content (AvgIpc) is 2.95. The predicted octanol–water partition coefficient (Wildman–Crippen LogP) is 3.47. The molecule has 2 aromatic heterocycles. The number of hydrogen-bond acceptors (Lipinski definition) is 10. The molecule has 4 heterocycles. The van der Waals surface area contributed by atoms with Crippen molar-refractivity contribution in [2.24, 2.45) is 5.10 Å². The van der Waals surface area contributed by atoms with Crippen LogP contribution in [-0.2, 0) is 10.9 Å². The van der Waals surface area contributed by atoms with E-state index in [-0.39, 0.29) is 11.8 Å². The molecule has 0 unspecified atom stereocenters. The van der Waals surface area contributed by atoms with Gasteiger partial charge in [0.05, 0.1) is 48.8 Å². The van der Waals surface area contributed by atoms with Crippen molar-refractivity contribution in [3.63, 3.8) is 0 Å². The molecule has 1 aromatic carbocycles. The summed E-state index contributed by atoms with van der Waals surface area (Å²) in [6, 6.07) is 7.30. The van der Waals surface area contributed by atoms with Gasteiger partial charge < -0.3 is 25.2 Å². The molecule has 0 spiro atoms. The number of rotatable bonds is 7. The minimum absolute atomic E-state index is 0.122. The van der Waals surface area contributed by atoms with Crippen LogP contribution in [0.4, 0.5) is 46.4 Å². The number of benzene rings is 1. The Bertz CT molecular complexity index is 1290. The van der Waals surface area contributed by atoms with E-state index < -0.39 is 17.6 Å². The highest BCUT2D eigenvalue weighted by Gasteiger charge is 2.32. The Morgan fingerprint density at radius 3 is 2.46 bits per heavy atom. The number of anilines is 5. The molecule has 2 aliphatic heterocycles. The maximum Gasteiger partial charge on any atom is 0.416 e. The number of halogens is 4. The minimum Gasteiger partial charge on any atom is -0.378 e. The fourth-order valence-electron chi connectivity index (χ4n) is 4.24. The highest BCUT2D eigenvalue weighted by molar-refractivity contribution is 5.78. The van der Waals surface area contributed by atoms with Crippen LogP contribution >= 0.6 is 0 Å². The molecule has 5 rings (SSSR count). The van der Waals surface area contributed by atoms with E-state index in [0.29, 0.717) is 75.2 Å². The van der Waals surface area contributed by atoms with Gasteiger partial charge in [0.25, 0.3) is 0 Å². The van der Waals surface area contributed by atoms with Crippen LogP contribution in [0.2, 0.25) is 0 Å². The van der Waals surface area contributed by atoms with Crippen LogP contribution < -0.4 is 25.9 Å². The number of nitrogens with zero attached hydrogens (tertiary/aromatic N) is 6. The van der Waals surface area contributed by atoms with Gasteiger partial charge in [-0.25, -0.2) is 14.8 Å². The number of aromatic nitrogens is 3. The van der Waals surface area contributed by atoms with Crippen molar-refractivity contribution < 1.29 is 22.3 Å². The van der Waals surface area contributed by atoms with Crippen molar-refractivity contribution in [3.05, 3.63) is 59.8 Å². The number of ether oxygens (including phenoxy) is 1. The zero-order valence-corrected chi connectivity index (χ0v) is 20.9. The largest absolute Gasteiger partial charge is 0.416 e. The molecule has 3 N–H and O–H groups in total. The number of morpholine rings is 1. The standard InChI is InChI=1S/C25H27F4N9O/c26-22-16-32-24(35-23(22)38-7-9-39-10-8-38)36-33-15-18-1-2-19(14-31-18)34-20-11-17(25(27,28)29)12-21(13-20)37-5-3-30-4-6-37/h1-2,11-16,30,34H,3-10H2,(H,32,35,36)/b33-15+. The van der Waals surface area contributed by atoms with Crippen LogP contribution in [0.15, 0.2) is 47.8 Å². The summed E-state index contributed by atoms with van der Waals surface area (Å²) in [6.07, 6.45) is -0.465. The van der Waals surface area contributed by atoms with E-state index in [1.807, 2.05) is 4.90 Å². The van der Waals surface area contributed by atoms with E-state index in [1.54, 1.807) is 23.1 Å². The van der Waals surface area contributed by atoms with E-state index in [4.69, 9.17) is 4.74 Å². The van der Waals surface area contributed by atoms with Gasteiger partial charge in [-0.3, -0.25) is 4.98 Å². The number of hydrazone groups is 1. The molecule has 0 aliphatic carbocycles. The second kappa shape index (κ2) is 11.8. The van der Waals surface area contributed by atoms with E-state index in [2.05, 4.69) is 36.1 Å². The van der Waals surface area contributed by atoms with Crippen LogP contribution in [0.5, 0.6) is 0 Å². The third kappa shape index (κ3) is 6.89. The van der Waals surface area contributed by atoms with Gasteiger partial charge in [-0.05, 0) is 30.3 Å². The second-order valence-electron chi connectivity index (χ2n) is 8.93. The molecular formula is C25H27F4N9O. The Hall–Kier alpha value is -4.04. The first-order valence-corrected chi connectivity index (χ1v) is 12.4. The Balaban J connectivity index is 1.24. The Kier molecular flexibility index (Phi) is 8.02. The molecule has 0 saturated carbocycles. The molecule has 0 amide bonds. The first kappa shape index (κ1) is 26.6. The summed E-state index contributed by atoms with van der Waals surface area (Å²) < 4.78 is 60.1. The second-order valence-corrected chi connectivity index (χ2v) is 8.93. The number of piperazine rings is 1. The van der Waals surface area contributed by atoms with Crippen molar-refractivity contribution in [1.29, 1.82) is 0 Å². The maximum atomic E-state index is 14.2.